The van der Waals surface area contributed by atoms with Crippen LogP contribution in [-0.4, -0.2) is 6.61 Å². The second kappa shape index (κ2) is 7.00. The normalized spacial score (nSPS) is 12.3. The van der Waals surface area contributed by atoms with Gasteiger partial charge in [0.2, 0.25) is 0 Å². The maximum absolute atomic E-state index is 5.56. The molecule has 19 heavy (non-hydrogen) atoms. The van der Waals surface area contributed by atoms with Gasteiger partial charge in [-0.3, -0.25) is 0 Å². The van der Waals surface area contributed by atoms with E-state index in [1.54, 1.807) is 6.26 Å². The fourth-order valence-corrected chi connectivity index (χ4v) is 1.83. The van der Waals surface area contributed by atoms with Crippen LogP contribution in [0.25, 0.3) is 0 Å². The minimum Gasteiger partial charge on any atom is -0.494 e. The van der Waals surface area contributed by atoms with E-state index in [0.717, 1.165) is 31.1 Å². The molecule has 2 aromatic rings. The third kappa shape index (κ3) is 4.14. The SMILES string of the molecule is CCCOc1ccc(CN[C@H](C)c2ccco2)cc1. The summed E-state index contributed by atoms with van der Waals surface area (Å²) in [6.07, 6.45) is 2.73. The summed E-state index contributed by atoms with van der Waals surface area (Å²) in [5.74, 6) is 1.90. The lowest BCUT2D eigenvalue weighted by molar-refractivity contribution is 0.317. The first-order valence-corrected chi connectivity index (χ1v) is 6.78. The molecule has 0 spiro atoms. The van der Waals surface area contributed by atoms with E-state index >= 15 is 0 Å². The molecule has 0 unspecified atom stereocenters. The highest BCUT2D eigenvalue weighted by atomic mass is 16.5. The Labute approximate surface area is 114 Å². The van der Waals surface area contributed by atoms with Gasteiger partial charge in [-0.05, 0) is 43.2 Å². The molecule has 0 saturated heterocycles. The maximum atomic E-state index is 5.56. The van der Waals surface area contributed by atoms with E-state index in [-0.39, 0.29) is 6.04 Å². The molecule has 0 aliphatic rings. The van der Waals surface area contributed by atoms with Gasteiger partial charge in [-0.25, -0.2) is 0 Å². The van der Waals surface area contributed by atoms with Crippen molar-refractivity contribution in [3.8, 4) is 5.75 Å². The van der Waals surface area contributed by atoms with E-state index in [1.165, 1.54) is 5.56 Å². The zero-order chi connectivity index (χ0) is 13.5. The van der Waals surface area contributed by atoms with E-state index in [4.69, 9.17) is 9.15 Å². The lowest BCUT2D eigenvalue weighted by atomic mass is 10.2. The third-order valence-corrected chi connectivity index (χ3v) is 2.98. The molecule has 1 heterocycles. The van der Waals surface area contributed by atoms with E-state index in [2.05, 4.69) is 31.3 Å². The highest BCUT2D eigenvalue weighted by molar-refractivity contribution is 5.27. The lowest BCUT2D eigenvalue weighted by Gasteiger charge is -2.11. The van der Waals surface area contributed by atoms with Crippen molar-refractivity contribution >= 4 is 0 Å². The average Bonchev–Trinajstić information content (AvgIpc) is 2.98. The third-order valence-electron chi connectivity index (χ3n) is 2.98. The van der Waals surface area contributed by atoms with Crippen molar-refractivity contribution < 1.29 is 9.15 Å². The van der Waals surface area contributed by atoms with E-state index in [1.807, 2.05) is 24.3 Å². The molecule has 1 aromatic heterocycles. The molecule has 102 valence electrons. The molecule has 2 rings (SSSR count). The lowest BCUT2D eigenvalue weighted by Crippen LogP contribution is -2.17. The van der Waals surface area contributed by atoms with Gasteiger partial charge in [0.15, 0.2) is 0 Å². The highest BCUT2D eigenvalue weighted by Gasteiger charge is 2.06. The summed E-state index contributed by atoms with van der Waals surface area (Å²) >= 11 is 0. The number of rotatable bonds is 7. The standard InChI is InChI=1S/C16H21NO2/c1-3-10-18-15-8-6-14(7-9-15)12-17-13(2)16-5-4-11-19-16/h4-9,11,13,17H,3,10,12H2,1-2H3/t13-/m1/s1. The molecule has 1 N–H and O–H groups in total. The Morgan fingerprint density at radius 1 is 1.21 bits per heavy atom. The Balaban J connectivity index is 1.82. The van der Waals surface area contributed by atoms with Crippen molar-refractivity contribution in [2.75, 3.05) is 6.61 Å². The van der Waals surface area contributed by atoms with Crippen LogP contribution in [0.1, 0.15) is 37.6 Å². The molecule has 0 aliphatic heterocycles. The number of hydrogen-bond acceptors (Lipinski definition) is 3. The maximum Gasteiger partial charge on any atom is 0.120 e. The molecule has 0 bridgehead atoms. The second-order valence-electron chi connectivity index (χ2n) is 4.61. The average molecular weight is 259 g/mol. The van der Waals surface area contributed by atoms with E-state index in [0.29, 0.717) is 0 Å². The van der Waals surface area contributed by atoms with Gasteiger partial charge >= 0.3 is 0 Å². The van der Waals surface area contributed by atoms with E-state index in [9.17, 15) is 0 Å². The fourth-order valence-electron chi connectivity index (χ4n) is 1.83. The summed E-state index contributed by atoms with van der Waals surface area (Å²) in [6.45, 7) is 5.79. The quantitative estimate of drug-likeness (QED) is 0.818. The van der Waals surface area contributed by atoms with Crippen LogP contribution in [0, 0.1) is 0 Å². The molecule has 0 amide bonds. The molecule has 0 fully saturated rings. The fraction of sp³-hybridized carbons (Fsp3) is 0.375. The van der Waals surface area contributed by atoms with Crippen molar-refractivity contribution in [2.45, 2.75) is 32.9 Å². The van der Waals surface area contributed by atoms with E-state index < -0.39 is 0 Å². The zero-order valence-electron chi connectivity index (χ0n) is 11.6. The molecule has 0 aliphatic carbocycles. The highest BCUT2D eigenvalue weighted by Crippen LogP contribution is 2.15. The van der Waals surface area contributed by atoms with Crippen LogP contribution in [0.3, 0.4) is 0 Å². The molecule has 3 nitrogen and oxygen atoms in total. The van der Waals surface area contributed by atoms with Crippen molar-refractivity contribution in [3.05, 3.63) is 54.0 Å². The second-order valence-corrected chi connectivity index (χ2v) is 4.61. The van der Waals surface area contributed by atoms with Crippen molar-refractivity contribution in [3.63, 3.8) is 0 Å². The Bertz CT molecular complexity index is 462. The van der Waals surface area contributed by atoms with Crippen molar-refractivity contribution in [1.82, 2.24) is 5.32 Å². The van der Waals surface area contributed by atoms with Crippen LogP contribution in [0.5, 0.6) is 5.75 Å². The first-order chi connectivity index (χ1) is 9.29. The zero-order valence-corrected chi connectivity index (χ0v) is 11.6. The number of ether oxygens (including phenoxy) is 1. The first kappa shape index (κ1) is 13.7. The summed E-state index contributed by atoms with van der Waals surface area (Å²) in [5, 5.41) is 3.43. The Kier molecular flexibility index (Phi) is 5.04. The predicted octanol–water partition coefficient (Wildman–Crippen LogP) is 3.92. The first-order valence-electron chi connectivity index (χ1n) is 6.78. The summed E-state index contributed by atoms with van der Waals surface area (Å²) in [7, 11) is 0. The molecule has 0 radical (unpaired) electrons. The van der Waals surface area contributed by atoms with Gasteiger partial charge in [0.05, 0.1) is 18.9 Å². The number of nitrogens with one attached hydrogen (secondary N) is 1. The summed E-state index contributed by atoms with van der Waals surface area (Å²) in [5.41, 5.74) is 1.24. The number of hydrogen-bond donors (Lipinski definition) is 1. The predicted molar refractivity (Wildman–Crippen MR) is 76.2 cm³/mol. The van der Waals surface area contributed by atoms with Gasteiger partial charge in [-0.15, -0.1) is 0 Å². The number of benzene rings is 1. The monoisotopic (exact) mass is 259 g/mol. The molecular formula is C16H21NO2. The molecule has 1 atom stereocenters. The minimum atomic E-state index is 0.214. The van der Waals surface area contributed by atoms with Gasteiger partial charge in [0.25, 0.3) is 0 Å². The van der Waals surface area contributed by atoms with Crippen molar-refractivity contribution in [1.29, 1.82) is 0 Å². The van der Waals surface area contributed by atoms with Crippen LogP contribution < -0.4 is 10.1 Å². The van der Waals surface area contributed by atoms with Crippen molar-refractivity contribution in [2.24, 2.45) is 0 Å². The summed E-state index contributed by atoms with van der Waals surface area (Å²) in [6, 6.07) is 12.3. The molecule has 0 saturated carbocycles. The van der Waals surface area contributed by atoms with Gasteiger partial charge < -0.3 is 14.5 Å². The van der Waals surface area contributed by atoms with Gasteiger partial charge in [-0.2, -0.15) is 0 Å². The van der Waals surface area contributed by atoms with Crippen LogP contribution in [-0.2, 0) is 6.54 Å². The van der Waals surface area contributed by atoms with Gasteiger partial charge in [0.1, 0.15) is 11.5 Å². The van der Waals surface area contributed by atoms with Crippen LogP contribution in [0.15, 0.2) is 47.1 Å². The topological polar surface area (TPSA) is 34.4 Å². The summed E-state index contributed by atoms with van der Waals surface area (Å²) < 4.78 is 10.9. The molecule has 1 aromatic carbocycles. The molecule has 3 heteroatoms. The van der Waals surface area contributed by atoms with Gasteiger partial charge in [-0.1, -0.05) is 19.1 Å². The minimum absolute atomic E-state index is 0.214. The van der Waals surface area contributed by atoms with Crippen LogP contribution in [0.2, 0.25) is 0 Å². The van der Waals surface area contributed by atoms with Gasteiger partial charge in [0, 0.05) is 6.54 Å². The smallest absolute Gasteiger partial charge is 0.120 e. The Morgan fingerprint density at radius 2 is 2.00 bits per heavy atom. The largest absolute Gasteiger partial charge is 0.494 e. The number of furan rings is 1. The molecular weight excluding hydrogens is 238 g/mol. The van der Waals surface area contributed by atoms with Crippen LogP contribution >= 0.6 is 0 Å². The Hall–Kier alpha value is -1.74. The summed E-state index contributed by atoms with van der Waals surface area (Å²) in [4.78, 5) is 0. The van der Waals surface area contributed by atoms with Crippen LogP contribution in [0.4, 0.5) is 0 Å². The Morgan fingerprint density at radius 3 is 2.63 bits per heavy atom.